The van der Waals surface area contributed by atoms with Crippen molar-refractivity contribution < 1.29 is 0 Å². The minimum Gasteiger partial charge on any atom is -0.369 e. The number of nitrogens with zero attached hydrogens (tertiary/aromatic N) is 3. The van der Waals surface area contributed by atoms with Gasteiger partial charge in [-0.05, 0) is 57.4 Å². The molecule has 1 aromatic heterocycles. The summed E-state index contributed by atoms with van der Waals surface area (Å²) in [6.45, 7) is 7.76. The van der Waals surface area contributed by atoms with Crippen LogP contribution < -0.4 is 4.90 Å². The second-order valence-electron chi connectivity index (χ2n) is 6.03. The molecule has 1 aliphatic rings. The number of hydrogen-bond donors (Lipinski definition) is 0. The van der Waals surface area contributed by atoms with Gasteiger partial charge in [0.2, 0.25) is 0 Å². The normalized spacial score (nSPS) is 14.8. The Bertz CT molecular complexity index is 625. The third-order valence-corrected chi connectivity index (χ3v) is 4.16. The van der Waals surface area contributed by atoms with Crippen LogP contribution in [0.1, 0.15) is 31.5 Å². The second kappa shape index (κ2) is 4.97. The van der Waals surface area contributed by atoms with Crippen molar-refractivity contribution in [2.24, 2.45) is 7.05 Å². The van der Waals surface area contributed by atoms with Crippen LogP contribution in [-0.2, 0) is 13.5 Å². The summed E-state index contributed by atoms with van der Waals surface area (Å²) in [7, 11) is 2.02. The molecule has 0 fully saturated rings. The molecule has 2 heterocycles. The minimum absolute atomic E-state index is 0.568. The Labute approximate surface area is 121 Å². The lowest BCUT2D eigenvalue weighted by molar-refractivity contribution is 0.626. The predicted octanol–water partition coefficient (Wildman–Crippen LogP) is 3.56. The summed E-state index contributed by atoms with van der Waals surface area (Å²) >= 11 is 0. The molecule has 0 unspecified atom stereocenters. The summed E-state index contributed by atoms with van der Waals surface area (Å²) in [6.07, 6.45) is 2.43. The Morgan fingerprint density at radius 2 is 2.00 bits per heavy atom. The van der Waals surface area contributed by atoms with E-state index in [1.165, 1.54) is 41.9 Å². The molecule has 3 heteroatoms. The van der Waals surface area contributed by atoms with Crippen LogP contribution in [0, 0.1) is 6.92 Å². The molecule has 0 radical (unpaired) electrons. The Kier molecular flexibility index (Phi) is 3.28. The van der Waals surface area contributed by atoms with Crippen molar-refractivity contribution >= 4 is 5.69 Å². The van der Waals surface area contributed by atoms with Crippen LogP contribution in [0.15, 0.2) is 24.3 Å². The van der Waals surface area contributed by atoms with E-state index in [4.69, 9.17) is 0 Å². The summed E-state index contributed by atoms with van der Waals surface area (Å²) in [6, 6.07) is 9.59. The van der Waals surface area contributed by atoms with E-state index in [1.807, 2.05) is 18.7 Å². The first-order valence-corrected chi connectivity index (χ1v) is 7.47. The van der Waals surface area contributed by atoms with Crippen molar-refractivity contribution in [2.45, 2.75) is 39.7 Å². The van der Waals surface area contributed by atoms with Gasteiger partial charge in [-0.15, -0.1) is 0 Å². The van der Waals surface area contributed by atoms with E-state index in [2.05, 4.69) is 48.1 Å². The van der Waals surface area contributed by atoms with Crippen molar-refractivity contribution in [2.75, 3.05) is 11.4 Å². The molecule has 0 amide bonds. The number of aromatic nitrogens is 2. The first-order chi connectivity index (χ1) is 9.56. The third-order valence-electron chi connectivity index (χ3n) is 4.16. The summed E-state index contributed by atoms with van der Waals surface area (Å²) in [4.78, 5) is 2.51. The SMILES string of the molecule is Cc1cc(-c2ccc3c(c2)CCCN3C(C)C)n(C)n1. The average molecular weight is 269 g/mol. The fourth-order valence-electron chi connectivity index (χ4n) is 3.20. The average Bonchev–Trinajstić information content (AvgIpc) is 2.76. The molecule has 0 atom stereocenters. The second-order valence-corrected chi connectivity index (χ2v) is 6.03. The molecule has 106 valence electrons. The van der Waals surface area contributed by atoms with Crippen molar-refractivity contribution in [1.29, 1.82) is 0 Å². The maximum Gasteiger partial charge on any atom is 0.0681 e. The summed E-state index contributed by atoms with van der Waals surface area (Å²) in [5.41, 5.74) is 6.43. The van der Waals surface area contributed by atoms with Gasteiger partial charge in [-0.3, -0.25) is 4.68 Å². The number of fused-ring (bicyclic) bond motifs is 1. The van der Waals surface area contributed by atoms with Crippen LogP contribution in [0.2, 0.25) is 0 Å². The molecule has 0 aliphatic carbocycles. The smallest absolute Gasteiger partial charge is 0.0681 e. The highest BCUT2D eigenvalue weighted by molar-refractivity contribution is 5.68. The first kappa shape index (κ1) is 13.2. The third kappa shape index (κ3) is 2.21. The molecular formula is C17H23N3. The van der Waals surface area contributed by atoms with Crippen molar-refractivity contribution in [3.8, 4) is 11.3 Å². The number of aryl methyl sites for hydroxylation is 3. The highest BCUT2D eigenvalue weighted by atomic mass is 15.3. The number of rotatable bonds is 2. The fraction of sp³-hybridized carbons (Fsp3) is 0.471. The van der Waals surface area contributed by atoms with Crippen molar-refractivity contribution in [3.63, 3.8) is 0 Å². The molecule has 0 N–H and O–H groups in total. The molecular weight excluding hydrogens is 246 g/mol. The van der Waals surface area contributed by atoms with E-state index >= 15 is 0 Å². The molecule has 3 nitrogen and oxygen atoms in total. The van der Waals surface area contributed by atoms with Crippen LogP contribution in [0.5, 0.6) is 0 Å². The van der Waals surface area contributed by atoms with Crippen molar-refractivity contribution in [1.82, 2.24) is 9.78 Å². The molecule has 3 rings (SSSR count). The maximum absolute atomic E-state index is 4.45. The van der Waals surface area contributed by atoms with E-state index in [-0.39, 0.29) is 0 Å². The van der Waals surface area contributed by atoms with Gasteiger partial charge in [-0.1, -0.05) is 6.07 Å². The Morgan fingerprint density at radius 3 is 2.65 bits per heavy atom. The van der Waals surface area contributed by atoms with Gasteiger partial charge in [0, 0.05) is 30.9 Å². The van der Waals surface area contributed by atoms with E-state index in [1.54, 1.807) is 0 Å². The number of hydrogen-bond acceptors (Lipinski definition) is 2. The van der Waals surface area contributed by atoms with E-state index in [0.29, 0.717) is 6.04 Å². The van der Waals surface area contributed by atoms with Gasteiger partial charge in [0.05, 0.1) is 11.4 Å². The largest absolute Gasteiger partial charge is 0.369 e. The van der Waals surface area contributed by atoms with Crippen LogP contribution in [0.3, 0.4) is 0 Å². The lowest BCUT2D eigenvalue weighted by atomic mass is 9.97. The predicted molar refractivity (Wildman–Crippen MR) is 84.2 cm³/mol. The van der Waals surface area contributed by atoms with Gasteiger partial charge < -0.3 is 4.90 Å². The maximum atomic E-state index is 4.45. The van der Waals surface area contributed by atoms with Gasteiger partial charge >= 0.3 is 0 Å². The van der Waals surface area contributed by atoms with Gasteiger partial charge in [0.1, 0.15) is 0 Å². The number of anilines is 1. The standard InChI is InChI=1S/C17H23N3/c1-12(2)20-9-5-6-14-11-15(7-8-16(14)20)17-10-13(3)18-19(17)4/h7-8,10-12H,5-6,9H2,1-4H3. The van der Waals surface area contributed by atoms with E-state index in [0.717, 1.165) is 5.69 Å². The quantitative estimate of drug-likeness (QED) is 0.831. The molecule has 0 spiro atoms. The van der Waals surface area contributed by atoms with Crippen LogP contribution in [0.25, 0.3) is 11.3 Å². The minimum atomic E-state index is 0.568. The topological polar surface area (TPSA) is 21.1 Å². The van der Waals surface area contributed by atoms with Gasteiger partial charge in [0.25, 0.3) is 0 Å². The first-order valence-electron chi connectivity index (χ1n) is 7.47. The van der Waals surface area contributed by atoms with Crippen LogP contribution >= 0.6 is 0 Å². The molecule has 2 aromatic rings. The summed E-state index contributed by atoms with van der Waals surface area (Å²) in [5, 5.41) is 4.45. The summed E-state index contributed by atoms with van der Waals surface area (Å²) < 4.78 is 1.97. The molecule has 0 bridgehead atoms. The monoisotopic (exact) mass is 269 g/mol. The Hall–Kier alpha value is -1.77. The van der Waals surface area contributed by atoms with Crippen LogP contribution in [0.4, 0.5) is 5.69 Å². The van der Waals surface area contributed by atoms with E-state index in [9.17, 15) is 0 Å². The van der Waals surface area contributed by atoms with Crippen molar-refractivity contribution in [3.05, 3.63) is 35.5 Å². The molecule has 0 saturated heterocycles. The van der Waals surface area contributed by atoms with Gasteiger partial charge in [0.15, 0.2) is 0 Å². The fourth-order valence-corrected chi connectivity index (χ4v) is 3.20. The van der Waals surface area contributed by atoms with Crippen LogP contribution in [-0.4, -0.2) is 22.4 Å². The highest BCUT2D eigenvalue weighted by Gasteiger charge is 2.19. The zero-order chi connectivity index (χ0) is 14.3. The Balaban J connectivity index is 2.03. The van der Waals surface area contributed by atoms with Gasteiger partial charge in [-0.25, -0.2) is 0 Å². The molecule has 0 saturated carbocycles. The highest BCUT2D eigenvalue weighted by Crippen LogP contribution is 2.32. The number of benzene rings is 1. The van der Waals surface area contributed by atoms with Gasteiger partial charge in [-0.2, -0.15) is 5.10 Å². The molecule has 1 aliphatic heterocycles. The lowest BCUT2D eigenvalue weighted by Crippen LogP contribution is -2.35. The summed E-state index contributed by atoms with van der Waals surface area (Å²) in [5.74, 6) is 0. The van der Waals surface area contributed by atoms with E-state index < -0.39 is 0 Å². The lowest BCUT2D eigenvalue weighted by Gasteiger charge is -2.35. The Morgan fingerprint density at radius 1 is 1.20 bits per heavy atom. The zero-order valence-electron chi connectivity index (χ0n) is 12.8. The molecule has 20 heavy (non-hydrogen) atoms. The molecule has 1 aromatic carbocycles. The zero-order valence-corrected chi connectivity index (χ0v) is 12.8.